The highest BCUT2D eigenvalue weighted by Crippen LogP contribution is 2.29. The number of hydrogen-bond acceptors (Lipinski definition) is 2. The molecular weight excluding hydrogens is 279 g/mol. The molecule has 1 atom stereocenters. The largest absolute Gasteiger partial charge is 0.335 e. The smallest absolute Gasteiger partial charge is 0.235 e. The monoisotopic (exact) mass is 288 g/mol. The number of hydrogen-bond donors (Lipinski definition) is 1. The average molecular weight is 290 g/mol. The summed E-state index contributed by atoms with van der Waals surface area (Å²) in [5, 5.41) is 3.53. The van der Waals surface area contributed by atoms with E-state index in [4.69, 9.17) is 11.6 Å². The molecule has 1 aliphatic rings. The standard InChI is InChI=1S/C10H10BrClN2O/c1-14-5-9(15)13-10(14)7-4-6(11)2-3-8(7)12/h2-4,10H,5H2,1H3,(H,13,15)/t10-/m1/s1. The van der Waals surface area contributed by atoms with Gasteiger partial charge in [0, 0.05) is 15.1 Å². The van der Waals surface area contributed by atoms with Gasteiger partial charge in [-0.2, -0.15) is 0 Å². The van der Waals surface area contributed by atoms with Gasteiger partial charge < -0.3 is 5.32 Å². The van der Waals surface area contributed by atoms with E-state index in [2.05, 4.69) is 21.2 Å². The van der Waals surface area contributed by atoms with Crippen molar-refractivity contribution in [3.8, 4) is 0 Å². The van der Waals surface area contributed by atoms with E-state index in [1.165, 1.54) is 0 Å². The highest BCUT2D eigenvalue weighted by molar-refractivity contribution is 9.10. The van der Waals surface area contributed by atoms with Crippen LogP contribution in [0.4, 0.5) is 0 Å². The van der Waals surface area contributed by atoms with Crippen LogP contribution in [0, 0.1) is 0 Å². The van der Waals surface area contributed by atoms with Crippen LogP contribution in [0.15, 0.2) is 22.7 Å². The third kappa shape index (κ3) is 2.17. The molecule has 1 heterocycles. The highest BCUT2D eigenvalue weighted by atomic mass is 79.9. The molecule has 1 saturated heterocycles. The van der Waals surface area contributed by atoms with Gasteiger partial charge in [0.25, 0.3) is 0 Å². The van der Waals surface area contributed by atoms with Gasteiger partial charge in [-0.3, -0.25) is 9.69 Å². The molecule has 0 saturated carbocycles. The SMILES string of the molecule is CN1CC(=O)N[C@H]1c1cc(Br)ccc1Cl. The fourth-order valence-corrected chi connectivity index (χ4v) is 2.27. The average Bonchev–Trinajstić information content (AvgIpc) is 2.50. The fraction of sp³-hybridized carbons (Fsp3) is 0.300. The Morgan fingerprint density at radius 1 is 1.60 bits per heavy atom. The van der Waals surface area contributed by atoms with Crippen LogP contribution in [0.3, 0.4) is 0 Å². The molecule has 0 spiro atoms. The lowest BCUT2D eigenvalue weighted by Crippen LogP contribution is -2.24. The zero-order chi connectivity index (χ0) is 11.0. The van der Waals surface area contributed by atoms with Crippen molar-refractivity contribution in [3.63, 3.8) is 0 Å². The van der Waals surface area contributed by atoms with Crippen LogP contribution in [0.1, 0.15) is 11.7 Å². The van der Waals surface area contributed by atoms with E-state index >= 15 is 0 Å². The molecule has 80 valence electrons. The molecular formula is C10H10BrClN2O. The summed E-state index contributed by atoms with van der Waals surface area (Å²) in [6.45, 7) is 0.410. The zero-order valence-corrected chi connectivity index (χ0v) is 10.5. The lowest BCUT2D eigenvalue weighted by atomic mass is 10.1. The second kappa shape index (κ2) is 4.12. The van der Waals surface area contributed by atoms with E-state index in [1.54, 1.807) is 0 Å². The normalized spacial score (nSPS) is 21.8. The van der Waals surface area contributed by atoms with Gasteiger partial charge in [0.2, 0.25) is 5.91 Å². The molecule has 15 heavy (non-hydrogen) atoms. The number of carbonyl (C=O) groups is 1. The minimum absolute atomic E-state index is 0.0264. The predicted molar refractivity (Wildman–Crippen MR) is 62.7 cm³/mol. The number of amides is 1. The first kappa shape index (κ1) is 10.9. The quantitative estimate of drug-likeness (QED) is 0.859. The second-order valence-corrected chi connectivity index (χ2v) is 4.87. The van der Waals surface area contributed by atoms with Crippen LogP contribution in [0.5, 0.6) is 0 Å². The number of likely N-dealkylation sites (N-methyl/N-ethyl adjacent to an activating group) is 1. The molecule has 1 fully saturated rings. The molecule has 0 unspecified atom stereocenters. The molecule has 1 aliphatic heterocycles. The topological polar surface area (TPSA) is 32.3 Å². The van der Waals surface area contributed by atoms with Gasteiger partial charge in [-0.05, 0) is 25.2 Å². The summed E-state index contributed by atoms with van der Waals surface area (Å²) in [7, 11) is 1.89. The minimum atomic E-state index is -0.123. The molecule has 0 radical (unpaired) electrons. The van der Waals surface area contributed by atoms with Crippen molar-refractivity contribution < 1.29 is 4.79 Å². The summed E-state index contributed by atoms with van der Waals surface area (Å²) in [5.41, 5.74) is 0.916. The lowest BCUT2D eigenvalue weighted by Gasteiger charge is -2.19. The molecule has 1 aromatic carbocycles. The van der Waals surface area contributed by atoms with Gasteiger partial charge in [0.15, 0.2) is 0 Å². The van der Waals surface area contributed by atoms with Crippen LogP contribution in [-0.4, -0.2) is 24.4 Å². The number of nitrogens with zero attached hydrogens (tertiary/aromatic N) is 1. The van der Waals surface area contributed by atoms with E-state index in [-0.39, 0.29) is 12.1 Å². The summed E-state index contributed by atoms with van der Waals surface area (Å²) in [4.78, 5) is 13.2. The van der Waals surface area contributed by atoms with Gasteiger partial charge in [0.05, 0.1) is 6.54 Å². The molecule has 1 amide bonds. The third-order valence-corrected chi connectivity index (χ3v) is 3.22. The van der Waals surface area contributed by atoms with Crippen molar-refractivity contribution in [3.05, 3.63) is 33.3 Å². The first-order valence-corrected chi connectivity index (χ1v) is 5.69. The summed E-state index contributed by atoms with van der Waals surface area (Å²) in [5.74, 6) is 0.0264. The molecule has 1 aromatic rings. The van der Waals surface area contributed by atoms with Crippen molar-refractivity contribution in [2.45, 2.75) is 6.17 Å². The molecule has 5 heteroatoms. The Bertz CT molecular complexity index is 410. The molecule has 0 bridgehead atoms. The minimum Gasteiger partial charge on any atom is -0.335 e. The van der Waals surface area contributed by atoms with E-state index in [0.29, 0.717) is 11.6 Å². The summed E-state index contributed by atoms with van der Waals surface area (Å²) in [6.07, 6.45) is -0.123. The molecule has 1 N–H and O–H groups in total. The molecule has 2 rings (SSSR count). The lowest BCUT2D eigenvalue weighted by molar-refractivity contribution is -0.118. The fourth-order valence-electron chi connectivity index (χ4n) is 1.67. The van der Waals surface area contributed by atoms with E-state index in [0.717, 1.165) is 10.0 Å². The Kier molecular flexibility index (Phi) is 3.00. The maximum atomic E-state index is 11.2. The second-order valence-electron chi connectivity index (χ2n) is 3.55. The third-order valence-electron chi connectivity index (χ3n) is 2.38. The van der Waals surface area contributed by atoms with E-state index in [9.17, 15) is 4.79 Å². The Morgan fingerprint density at radius 2 is 2.33 bits per heavy atom. The van der Waals surface area contributed by atoms with Crippen molar-refractivity contribution in [1.82, 2.24) is 10.2 Å². The molecule has 3 nitrogen and oxygen atoms in total. The van der Waals surface area contributed by atoms with Crippen molar-refractivity contribution >= 4 is 33.4 Å². The number of halogens is 2. The van der Waals surface area contributed by atoms with Gasteiger partial charge in [-0.25, -0.2) is 0 Å². The number of nitrogens with one attached hydrogen (secondary N) is 1. The van der Waals surface area contributed by atoms with E-state index < -0.39 is 0 Å². The van der Waals surface area contributed by atoms with Gasteiger partial charge in [-0.15, -0.1) is 0 Å². The van der Waals surface area contributed by atoms with Crippen LogP contribution >= 0.6 is 27.5 Å². The van der Waals surface area contributed by atoms with Gasteiger partial charge in [-0.1, -0.05) is 27.5 Å². The van der Waals surface area contributed by atoms with Crippen LogP contribution in [-0.2, 0) is 4.79 Å². The Morgan fingerprint density at radius 3 is 2.93 bits per heavy atom. The van der Waals surface area contributed by atoms with Crippen LogP contribution < -0.4 is 5.32 Å². The van der Waals surface area contributed by atoms with E-state index in [1.807, 2.05) is 30.1 Å². The zero-order valence-electron chi connectivity index (χ0n) is 8.13. The summed E-state index contributed by atoms with van der Waals surface area (Å²) < 4.78 is 0.955. The maximum Gasteiger partial charge on any atom is 0.235 e. The van der Waals surface area contributed by atoms with Crippen molar-refractivity contribution in [2.75, 3.05) is 13.6 Å². The Hall–Kier alpha value is -0.580. The molecule has 0 aliphatic carbocycles. The maximum absolute atomic E-state index is 11.2. The van der Waals surface area contributed by atoms with Gasteiger partial charge in [0.1, 0.15) is 6.17 Å². The van der Waals surface area contributed by atoms with Gasteiger partial charge >= 0.3 is 0 Å². The van der Waals surface area contributed by atoms with Crippen molar-refractivity contribution in [1.29, 1.82) is 0 Å². The summed E-state index contributed by atoms with van der Waals surface area (Å²) in [6, 6.07) is 5.62. The number of carbonyl (C=O) groups excluding carboxylic acids is 1. The summed E-state index contributed by atoms with van der Waals surface area (Å²) >= 11 is 9.48. The first-order chi connectivity index (χ1) is 7.08. The number of benzene rings is 1. The first-order valence-electron chi connectivity index (χ1n) is 4.52. The predicted octanol–water partition coefficient (Wildman–Crippen LogP) is 2.16. The number of rotatable bonds is 1. The molecule has 0 aromatic heterocycles. The highest BCUT2D eigenvalue weighted by Gasteiger charge is 2.29. The Balaban J connectivity index is 2.36. The Labute approximate surface area is 102 Å². The van der Waals surface area contributed by atoms with Crippen LogP contribution in [0.2, 0.25) is 5.02 Å². The van der Waals surface area contributed by atoms with Crippen LogP contribution in [0.25, 0.3) is 0 Å². The van der Waals surface area contributed by atoms with Crippen molar-refractivity contribution in [2.24, 2.45) is 0 Å².